The Balaban J connectivity index is -0.00000000167. The van der Waals surface area contributed by atoms with E-state index < -0.39 is 0 Å². The molecule has 15 valence electrons. The first-order valence-corrected chi connectivity index (χ1v) is 0.842. The minimum absolute atomic E-state index is 0. The van der Waals surface area contributed by atoms with E-state index in [2.05, 4.69) is 0 Å². The molecule has 0 saturated heterocycles. The predicted octanol–water partition coefficient (Wildman–Crippen LogP) is -3.00. The van der Waals surface area contributed by atoms with Crippen LogP contribution < -0.4 is 29.6 Å². The Hall–Kier alpha value is 2.71. The Morgan fingerprint density at radius 2 is 1.50 bits per heavy atom. The Bertz CT molecular complexity index is 11.6. The van der Waals surface area contributed by atoms with Crippen molar-refractivity contribution < 1.29 is 90.3 Å². The maximum atomic E-state index is 8.25. The zero-order chi connectivity index (χ0) is 2.00. The van der Waals surface area contributed by atoms with Crippen LogP contribution in [0.15, 0.2) is 0 Å². The molecule has 0 rings (SSSR count). The van der Waals surface area contributed by atoms with E-state index in [9.17, 15) is 0 Å². The third-order valence-electron chi connectivity index (χ3n) is 0. The van der Waals surface area contributed by atoms with Gasteiger partial charge >= 0.3 is 53.3 Å². The molecular formula is HLaNaOTi. The standard InChI is InChI=1S/La.Na.O.Ti.H/q;+1;;;-1. The first-order chi connectivity index (χ1) is 1.00. The quantitative estimate of drug-likeness (QED) is 0.403. The van der Waals surface area contributed by atoms with E-state index in [-0.39, 0.29) is 66.6 Å². The van der Waals surface area contributed by atoms with Crippen LogP contribution in [0.4, 0.5) is 0 Å². The van der Waals surface area contributed by atoms with Crippen LogP contribution in [0.2, 0.25) is 0 Å². The van der Waals surface area contributed by atoms with Gasteiger partial charge in [0.25, 0.3) is 0 Å². The second-order valence-corrected chi connectivity index (χ2v) is 0. The summed E-state index contributed by atoms with van der Waals surface area (Å²) in [6.45, 7) is 0. The molecule has 0 bridgehead atoms. The Kier molecular flexibility index (Phi) is 68.5. The van der Waals surface area contributed by atoms with Gasteiger partial charge in [0.2, 0.25) is 0 Å². The third-order valence-corrected chi connectivity index (χ3v) is 0. The van der Waals surface area contributed by atoms with E-state index >= 15 is 0 Å². The molecule has 0 aromatic heterocycles. The third kappa shape index (κ3) is 8.83. The summed E-state index contributed by atoms with van der Waals surface area (Å²) in [6.07, 6.45) is 0. The first-order valence-electron chi connectivity index (χ1n) is 0.204. The summed E-state index contributed by atoms with van der Waals surface area (Å²) in [4.78, 5) is 0. The molecule has 0 spiro atoms. The van der Waals surface area contributed by atoms with Gasteiger partial charge in [0.1, 0.15) is 0 Å². The van der Waals surface area contributed by atoms with E-state index in [1.165, 1.54) is 0 Å². The molecule has 1 nitrogen and oxygen atoms in total. The van der Waals surface area contributed by atoms with Crippen molar-refractivity contribution in [1.29, 1.82) is 0 Å². The normalized spacial score (nSPS) is 0.750. The summed E-state index contributed by atoms with van der Waals surface area (Å²) in [5.74, 6) is 0. The van der Waals surface area contributed by atoms with Crippen LogP contribution in [0, 0.1) is 35.6 Å². The van der Waals surface area contributed by atoms with Crippen molar-refractivity contribution in [3.8, 4) is 0 Å². The van der Waals surface area contributed by atoms with Crippen LogP contribution in [0.5, 0.6) is 0 Å². The number of hydrogen-bond acceptors (Lipinski definition) is 1. The van der Waals surface area contributed by atoms with Crippen LogP contribution in [-0.2, 0) is 23.7 Å². The second-order valence-electron chi connectivity index (χ2n) is 0. The van der Waals surface area contributed by atoms with Crippen LogP contribution in [-0.4, -0.2) is 0 Å². The molecule has 0 N–H and O–H groups in total. The van der Waals surface area contributed by atoms with Crippen molar-refractivity contribution >= 4 is 0 Å². The fourth-order valence-corrected chi connectivity index (χ4v) is 0. The van der Waals surface area contributed by atoms with Gasteiger partial charge in [-0.2, -0.15) is 0 Å². The molecule has 0 aliphatic carbocycles. The molecule has 4 heteroatoms. The van der Waals surface area contributed by atoms with Gasteiger partial charge in [0.15, 0.2) is 0 Å². The number of rotatable bonds is 0. The van der Waals surface area contributed by atoms with Crippen LogP contribution >= 0.6 is 0 Å². The van der Waals surface area contributed by atoms with Crippen LogP contribution in [0.3, 0.4) is 0 Å². The summed E-state index contributed by atoms with van der Waals surface area (Å²) in [6, 6.07) is 0. The van der Waals surface area contributed by atoms with Crippen LogP contribution in [0.25, 0.3) is 0 Å². The fourth-order valence-electron chi connectivity index (χ4n) is 0. The molecule has 0 fully saturated rings. The maximum absolute atomic E-state index is 8.25. The molecule has 0 aromatic rings. The van der Waals surface area contributed by atoms with Gasteiger partial charge in [-0.05, 0) is 0 Å². The molecule has 1 radical (unpaired) electrons. The van der Waals surface area contributed by atoms with Crippen molar-refractivity contribution in [2.45, 2.75) is 0 Å². The van der Waals surface area contributed by atoms with Crippen LogP contribution in [0.1, 0.15) is 1.43 Å². The van der Waals surface area contributed by atoms with E-state index in [1.807, 2.05) is 0 Å². The monoisotopic (exact) mass is 227 g/mol. The van der Waals surface area contributed by atoms with Gasteiger partial charge in [0.05, 0.1) is 0 Å². The molecule has 0 heterocycles. The van der Waals surface area contributed by atoms with Gasteiger partial charge < -0.3 is 1.43 Å². The Morgan fingerprint density at radius 1 is 1.50 bits per heavy atom. The molecule has 0 saturated carbocycles. The van der Waals surface area contributed by atoms with Crippen molar-refractivity contribution in [2.75, 3.05) is 0 Å². The Labute approximate surface area is 88.4 Å². The topological polar surface area (TPSA) is 17.1 Å². The van der Waals surface area contributed by atoms with Gasteiger partial charge in [-0.15, -0.1) is 0 Å². The zero-order valence-electron chi connectivity index (χ0n) is 3.49. The summed E-state index contributed by atoms with van der Waals surface area (Å²) >= 11 is 0.750. The van der Waals surface area contributed by atoms with Gasteiger partial charge in [-0.25, -0.2) is 0 Å². The summed E-state index contributed by atoms with van der Waals surface area (Å²) in [5.41, 5.74) is 0. The average Bonchev–Trinajstić information content (AvgIpc) is 1.00. The molecule has 4 heavy (non-hydrogen) atoms. The van der Waals surface area contributed by atoms with Crippen molar-refractivity contribution in [3.63, 3.8) is 0 Å². The van der Waals surface area contributed by atoms with Gasteiger partial charge in [-0.3, -0.25) is 0 Å². The molecule has 0 aliphatic heterocycles. The summed E-state index contributed by atoms with van der Waals surface area (Å²) in [7, 11) is 0. The van der Waals surface area contributed by atoms with Crippen molar-refractivity contribution in [1.82, 2.24) is 0 Å². The molecule has 0 amide bonds. The predicted molar refractivity (Wildman–Crippen MR) is 1.80 cm³/mol. The molecule has 0 aromatic carbocycles. The summed E-state index contributed by atoms with van der Waals surface area (Å²) < 4.78 is 8.25. The number of hydrogen-bond donors (Lipinski definition) is 0. The first kappa shape index (κ1) is 15.9. The van der Waals surface area contributed by atoms with E-state index in [0.29, 0.717) is 0 Å². The zero-order valence-corrected chi connectivity index (χ0v) is 9.67. The minimum atomic E-state index is 0. The molecule has 0 atom stereocenters. The van der Waals surface area contributed by atoms with E-state index in [4.69, 9.17) is 3.32 Å². The van der Waals surface area contributed by atoms with Gasteiger partial charge in [-0.1, -0.05) is 0 Å². The molecule has 0 unspecified atom stereocenters. The van der Waals surface area contributed by atoms with E-state index in [1.54, 1.807) is 0 Å². The summed E-state index contributed by atoms with van der Waals surface area (Å²) in [5, 5.41) is 0. The fraction of sp³-hybridized carbons (Fsp3) is 0. The molecule has 0 aliphatic rings. The average molecular weight is 227 g/mol. The second kappa shape index (κ2) is 17.3. The Morgan fingerprint density at radius 3 is 1.50 bits per heavy atom. The van der Waals surface area contributed by atoms with E-state index in [0.717, 1.165) is 20.4 Å². The van der Waals surface area contributed by atoms with Crippen molar-refractivity contribution in [2.24, 2.45) is 0 Å². The SMILES string of the molecule is [H-].[La].[Na+].[O]=[Ti]. The van der Waals surface area contributed by atoms with Crippen molar-refractivity contribution in [3.05, 3.63) is 0 Å². The molecular weight excluding hydrogens is 226 g/mol. The van der Waals surface area contributed by atoms with Gasteiger partial charge in [0, 0.05) is 35.6 Å².